The van der Waals surface area contributed by atoms with Crippen molar-refractivity contribution in [2.45, 2.75) is 0 Å². The highest BCUT2D eigenvalue weighted by Crippen LogP contribution is 2.06. The van der Waals surface area contributed by atoms with Gasteiger partial charge in [-0.25, -0.2) is 0 Å². The summed E-state index contributed by atoms with van der Waals surface area (Å²) in [5.41, 5.74) is 12.1. The molecule has 0 radical (unpaired) electrons. The van der Waals surface area contributed by atoms with Gasteiger partial charge in [0.2, 0.25) is 0 Å². The SMILES string of the molecule is C=C/C=C(\C=C/N)C(/N)=C/S. The molecular formula is C8H12N2S. The lowest BCUT2D eigenvalue weighted by atomic mass is 10.2. The Kier molecular flexibility index (Phi) is 5.11. The van der Waals surface area contributed by atoms with Crippen LogP contribution in [0, 0.1) is 0 Å². The maximum absolute atomic E-state index is 5.55. The van der Waals surface area contributed by atoms with Gasteiger partial charge in [-0.2, -0.15) is 0 Å². The van der Waals surface area contributed by atoms with E-state index < -0.39 is 0 Å². The molecule has 0 fully saturated rings. The van der Waals surface area contributed by atoms with Crippen molar-refractivity contribution >= 4 is 12.6 Å². The number of allylic oxidation sites excluding steroid dienone is 3. The fourth-order valence-corrected chi connectivity index (χ4v) is 0.702. The molecule has 0 heterocycles. The van der Waals surface area contributed by atoms with Crippen LogP contribution < -0.4 is 11.5 Å². The third kappa shape index (κ3) is 3.57. The Balaban J connectivity index is 4.61. The Bertz CT molecular complexity index is 214. The van der Waals surface area contributed by atoms with E-state index in [0.29, 0.717) is 5.70 Å². The Hall–Kier alpha value is -1.09. The highest BCUT2D eigenvalue weighted by molar-refractivity contribution is 7.83. The maximum Gasteiger partial charge on any atom is 0.0449 e. The average molecular weight is 168 g/mol. The topological polar surface area (TPSA) is 52.0 Å². The summed E-state index contributed by atoms with van der Waals surface area (Å²) in [4.78, 5) is 0. The molecular weight excluding hydrogens is 156 g/mol. The zero-order chi connectivity index (χ0) is 8.69. The minimum Gasteiger partial charge on any atom is -0.405 e. The molecule has 0 saturated heterocycles. The number of hydrogen-bond acceptors (Lipinski definition) is 3. The van der Waals surface area contributed by atoms with Gasteiger partial charge < -0.3 is 11.5 Å². The van der Waals surface area contributed by atoms with Crippen LogP contribution in [0.5, 0.6) is 0 Å². The van der Waals surface area contributed by atoms with Crippen molar-refractivity contribution in [1.29, 1.82) is 0 Å². The fourth-order valence-electron chi connectivity index (χ4n) is 0.553. The van der Waals surface area contributed by atoms with Crippen LogP contribution >= 0.6 is 12.6 Å². The summed E-state index contributed by atoms with van der Waals surface area (Å²) >= 11 is 3.90. The van der Waals surface area contributed by atoms with Crippen LogP contribution in [0.15, 0.2) is 47.7 Å². The molecule has 0 aliphatic carbocycles. The number of hydrogen-bond donors (Lipinski definition) is 3. The fraction of sp³-hybridized carbons (Fsp3) is 0. The smallest absolute Gasteiger partial charge is 0.0449 e. The van der Waals surface area contributed by atoms with Crippen LogP contribution in [0.4, 0.5) is 0 Å². The molecule has 0 rings (SSSR count). The highest BCUT2D eigenvalue weighted by Gasteiger charge is 1.91. The van der Waals surface area contributed by atoms with E-state index in [0.717, 1.165) is 5.57 Å². The molecule has 0 saturated carbocycles. The van der Waals surface area contributed by atoms with Gasteiger partial charge in [-0.05, 0) is 23.3 Å². The Morgan fingerprint density at radius 3 is 2.45 bits per heavy atom. The van der Waals surface area contributed by atoms with Gasteiger partial charge in [-0.15, -0.1) is 12.6 Å². The molecule has 0 aromatic rings. The van der Waals surface area contributed by atoms with Crippen LogP contribution in [-0.2, 0) is 0 Å². The Morgan fingerprint density at radius 1 is 1.45 bits per heavy atom. The summed E-state index contributed by atoms with van der Waals surface area (Å²) in [6.07, 6.45) is 6.49. The summed E-state index contributed by atoms with van der Waals surface area (Å²) in [5, 5.41) is 1.51. The lowest BCUT2D eigenvalue weighted by Crippen LogP contribution is -1.98. The van der Waals surface area contributed by atoms with Gasteiger partial charge in [0.25, 0.3) is 0 Å². The second-order valence-corrected chi connectivity index (χ2v) is 2.06. The lowest BCUT2D eigenvalue weighted by molar-refractivity contribution is 1.36. The quantitative estimate of drug-likeness (QED) is 0.439. The van der Waals surface area contributed by atoms with Crippen molar-refractivity contribution in [1.82, 2.24) is 0 Å². The van der Waals surface area contributed by atoms with E-state index in [2.05, 4.69) is 19.2 Å². The van der Waals surface area contributed by atoms with Crippen molar-refractivity contribution in [3.8, 4) is 0 Å². The molecule has 0 spiro atoms. The van der Waals surface area contributed by atoms with E-state index in [1.807, 2.05) is 0 Å². The van der Waals surface area contributed by atoms with Crippen molar-refractivity contribution in [3.05, 3.63) is 47.7 Å². The van der Waals surface area contributed by atoms with Crippen LogP contribution in [0.3, 0.4) is 0 Å². The third-order valence-corrected chi connectivity index (χ3v) is 1.32. The standard InChI is InChI=1S/C8H12N2S/c1-2-3-7(4-5-9)8(10)6-11/h2-6,11H,1,9-10H2/b5-4-,7-3+,8-6-. The highest BCUT2D eigenvalue weighted by atomic mass is 32.1. The van der Waals surface area contributed by atoms with Crippen LogP contribution in [-0.4, -0.2) is 0 Å². The Morgan fingerprint density at radius 2 is 2.09 bits per heavy atom. The zero-order valence-corrected chi connectivity index (χ0v) is 7.09. The average Bonchev–Trinajstić information content (AvgIpc) is 2.03. The summed E-state index contributed by atoms with van der Waals surface area (Å²) in [5.74, 6) is 0. The first-order valence-electron chi connectivity index (χ1n) is 3.07. The van der Waals surface area contributed by atoms with Gasteiger partial charge in [0.1, 0.15) is 0 Å². The maximum atomic E-state index is 5.55. The van der Waals surface area contributed by atoms with E-state index in [-0.39, 0.29) is 0 Å². The molecule has 0 bridgehead atoms. The minimum absolute atomic E-state index is 0.565. The van der Waals surface area contributed by atoms with Gasteiger partial charge in [0.05, 0.1) is 0 Å². The molecule has 2 nitrogen and oxygen atoms in total. The Labute approximate surface area is 72.4 Å². The molecule has 0 aliphatic rings. The van der Waals surface area contributed by atoms with Gasteiger partial charge in [0, 0.05) is 5.70 Å². The zero-order valence-electron chi connectivity index (χ0n) is 6.20. The first-order chi connectivity index (χ1) is 5.26. The van der Waals surface area contributed by atoms with Crippen molar-refractivity contribution in [2.24, 2.45) is 11.5 Å². The van der Waals surface area contributed by atoms with E-state index in [1.54, 1.807) is 18.2 Å². The largest absolute Gasteiger partial charge is 0.405 e. The minimum atomic E-state index is 0.565. The van der Waals surface area contributed by atoms with Crippen LogP contribution in [0.2, 0.25) is 0 Å². The molecule has 11 heavy (non-hydrogen) atoms. The van der Waals surface area contributed by atoms with Crippen LogP contribution in [0.25, 0.3) is 0 Å². The predicted molar refractivity (Wildman–Crippen MR) is 52.9 cm³/mol. The molecule has 3 heteroatoms. The van der Waals surface area contributed by atoms with Crippen molar-refractivity contribution in [3.63, 3.8) is 0 Å². The molecule has 0 aromatic carbocycles. The molecule has 0 aliphatic heterocycles. The molecule has 0 amide bonds. The van der Waals surface area contributed by atoms with Crippen molar-refractivity contribution in [2.75, 3.05) is 0 Å². The van der Waals surface area contributed by atoms with Gasteiger partial charge in [-0.1, -0.05) is 18.7 Å². The third-order valence-electron chi connectivity index (χ3n) is 1.05. The number of rotatable bonds is 3. The summed E-state index contributed by atoms with van der Waals surface area (Å²) in [7, 11) is 0. The first-order valence-corrected chi connectivity index (χ1v) is 3.59. The monoisotopic (exact) mass is 168 g/mol. The lowest BCUT2D eigenvalue weighted by Gasteiger charge is -1.98. The second kappa shape index (κ2) is 5.68. The van der Waals surface area contributed by atoms with E-state index in [4.69, 9.17) is 11.5 Å². The van der Waals surface area contributed by atoms with Crippen LogP contribution in [0.1, 0.15) is 0 Å². The molecule has 0 unspecified atom stereocenters. The van der Waals surface area contributed by atoms with Gasteiger partial charge in [-0.3, -0.25) is 0 Å². The second-order valence-electron chi connectivity index (χ2n) is 1.80. The predicted octanol–water partition coefficient (Wildman–Crippen LogP) is 1.30. The molecule has 60 valence electrons. The number of thiol groups is 1. The van der Waals surface area contributed by atoms with E-state index in [1.165, 1.54) is 11.6 Å². The molecule has 4 N–H and O–H groups in total. The van der Waals surface area contributed by atoms with E-state index in [9.17, 15) is 0 Å². The summed E-state index contributed by atoms with van der Waals surface area (Å²) < 4.78 is 0. The molecule has 0 aromatic heterocycles. The van der Waals surface area contributed by atoms with Gasteiger partial charge >= 0.3 is 0 Å². The first kappa shape index (κ1) is 9.91. The summed E-state index contributed by atoms with van der Waals surface area (Å²) in [6, 6.07) is 0. The van der Waals surface area contributed by atoms with Gasteiger partial charge in [0.15, 0.2) is 0 Å². The normalized spacial score (nSPS) is 13.9. The summed E-state index contributed by atoms with van der Waals surface area (Å²) in [6.45, 7) is 3.54. The van der Waals surface area contributed by atoms with Crippen molar-refractivity contribution < 1.29 is 0 Å². The number of nitrogens with two attached hydrogens (primary N) is 2. The molecule has 0 atom stereocenters. The van der Waals surface area contributed by atoms with E-state index >= 15 is 0 Å².